The summed E-state index contributed by atoms with van der Waals surface area (Å²) in [6, 6.07) is 1.77. The van der Waals surface area contributed by atoms with Gasteiger partial charge in [-0.1, -0.05) is 13.8 Å². The third kappa shape index (κ3) is 2.75. The van der Waals surface area contributed by atoms with E-state index in [1.54, 1.807) is 18.5 Å². The van der Waals surface area contributed by atoms with Crippen LogP contribution in [0.3, 0.4) is 0 Å². The molecule has 0 aliphatic carbocycles. The van der Waals surface area contributed by atoms with E-state index >= 15 is 0 Å². The van der Waals surface area contributed by atoms with E-state index in [1.165, 1.54) is 5.56 Å². The van der Waals surface area contributed by atoms with Crippen LogP contribution in [-0.2, 0) is 12.8 Å². The van der Waals surface area contributed by atoms with Gasteiger partial charge >= 0.3 is 0 Å². The molecule has 2 aromatic rings. The summed E-state index contributed by atoms with van der Waals surface area (Å²) < 4.78 is 0. The maximum Gasteiger partial charge on any atom is 0.229 e. The van der Waals surface area contributed by atoms with Crippen molar-refractivity contribution in [3.05, 3.63) is 35.9 Å². The lowest BCUT2D eigenvalue weighted by molar-refractivity contribution is 0.932. The predicted molar refractivity (Wildman–Crippen MR) is 66.1 cm³/mol. The van der Waals surface area contributed by atoms with E-state index in [4.69, 9.17) is 0 Å². The Kier molecular flexibility index (Phi) is 3.59. The van der Waals surface area contributed by atoms with Gasteiger partial charge in [-0.15, -0.1) is 0 Å². The number of hydrogen-bond acceptors (Lipinski definition) is 5. The molecular weight excluding hydrogens is 214 g/mol. The Morgan fingerprint density at radius 2 is 1.76 bits per heavy atom. The highest BCUT2D eigenvalue weighted by molar-refractivity contribution is 5.42. The number of nitrogens with one attached hydrogen (secondary N) is 1. The minimum Gasteiger partial charge on any atom is -0.293 e. The summed E-state index contributed by atoms with van der Waals surface area (Å²) >= 11 is 0. The average Bonchev–Trinajstić information content (AvgIpc) is 2.40. The fraction of sp³-hybridized carbons (Fsp3) is 0.333. The highest BCUT2D eigenvalue weighted by atomic mass is 15.2. The molecule has 2 heterocycles. The molecule has 5 heteroatoms. The number of hydrogen-bond donors (Lipinski definition) is 1. The summed E-state index contributed by atoms with van der Waals surface area (Å²) in [6.07, 6.45) is 7.06. The maximum atomic E-state index is 4.46. The molecule has 2 aromatic heterocycles. The van der Waals surface area contributed by atoms with Crippen LogP contribution < -0.4 is 5.32 Å². The number of rotatable bonds is 4. The Labute approximate surface area is 100 Å². The molecule has 0 aliphatic heterocycles. The summed E-state index contributed by atoms with van der Waals surface area (Å²) in [5.41, 5.74) is 2.26. The van der Waals surface area contributed by atoms with E-state index < -0.39 is 0 Å². The SMILES string of the molecule is CCc1cnc(Nc2ncccn2)nc1CC. The molecule has 0 radical (unpaired) electrons. The van der Waals surface area contributed by atoms with Crippen LogP contribution in [0.4, 0.5) is 11.9 Å². The van der Waals surface area contributed by atoms with Crippen molar-refractivity contribution >= 4 is 11.9 Å². The van der Waals surface area contributed by atoms with Gasteiger partial charge in [-0.2, -0.15) is 0 Å². The lowest BCUT2D eigenvalue weighted by Gasteiger charge is -2.07. The molecule has 17 heavy (non-hydrogen) atoms. The van der Waals surface area contributed by atoms with Gasteiger partial charge in [-0.3, -0.25) is 5.32 Å². The Balaban J connectivity index is 2.22. The van der Waals surface area contributed by atoms with Gasteiger partial charge in [0.05, 0.1) is 0 Å². The molecule has 0 aliphatic rings. The normalized spacial score (nSPS) is 10.2. The van der Waals surface area contributed by atoms with Crippen LogP contribution in [-0.4, -0.2) is 19.9 Å². The van der Waals surface area contributed by atoms with Gasteiger partial charge in [0.1, 0.15) is 0 Å². The fourth-order valence-electron chi connectivity index (χ4n) is 1.57. The summed E-state index contributed by atoms with van der Waals surface area (Å²) in [7, 11) is 0. The second-order valence-corrected chi connectivity index (χ2v) is 3.57. The highest BCUT2D eigenvalue weighted by Crippen LogP contribution is 2.11. The molecule has 2 rings (SSSR count). The van der Waals surface area contributed by atoms with Crippen LogP contribution in [0, 0.1) is 0 Å². The minimum atomic E-state index is 0.513. The maximum absolute atomic E-state index is 4.46. The van der Waals surface area contributed by atoms with Gasteiger partial charge < -0.3 is 0 Å². The van der Waals surface area contributed by atoms with Crippen LogP contribution in [0.15, 0.2) is 24.7 Å². The lowest BCUT2D eigenvalue weighted by atomic mass is 10.1. The van der Waals surface area contributed by atoms with E-state index in [1.807, 2.05) is 6.20 Å². The predicted octanol–water partition coefficient (Wildman–Crippen LogP) is 2.13. The Bertz CT molecular complexity index is 484. The molecule has 0 fully saturated rings. The van der Waals surface area contributed by atoms with Crippen LogP contribution in [0.5, 0.6) is 0 Å². The third-order valence-corrected chi connectivity index (χ3v) is 2.46. The molecule has 0 aromatic carbocycles. The van der Waals surface area contributed by atoms with Gasteiger partial charge in [0.2, 0.25) is 11.9 Å². The van der Waals surface area contributed by atoms with E-state index in [9.17, 15) is 0 Å². The quantitative estimate of drug-likeness (QED) is 0.870. The monoisotopic (exact) mass is 229 g/mol. The first-order chi connectivity index (χ1) is 8.33. The molecule has 0 saturated heterocycles. The number of aromatic nitrogens is 4. The summed E-state index contributed by atoms with van der Waals surface area (Å²) in [4.78, 5) is 16.8. The molecule has 1 N–H and O–H groups in total. The number of aryl methyl sites for hydroxylation is 2. The van der Waals surface area contributed by atoms with Crippen LogP contribution in [0.1, 0.15) is 25.1 Å². The first-order valence-corrected chi connectivity index (χ1v) is 5.72. The van der Waals surface area contributed by atoms with Gasteiger partial charge in [0.25, 0.3) is 0 Å². The van der Waals surface area contributed by atoms with Crippen molar-refractivity contribution in [1.29, 1.82) is 0 Å². The fourth-order valence-corrected chi connectivity index (χ4v) is 1.57. The molecule has 88 valence electrons. The average molecular weight is 229 g/mol. The van der Waals surface area contributed by atoms with Gasteiger partial charge in [-0.05, 0) is 24.5 Å². The number of anilines is 2. The van der Waals surface area contributed by atoms with Crippen molar-refractivity contribution < 1.29 is 0 Å². The topological polar surface area (TPSA) is 63.6 Å². The van der Waals surface area contributed by atoms with Crippen molar-refractivity contribution in [2.24, 2.45) is 0 Å². The highest BCUT2D eigenvalue weighted by Gasteiger charge is 2.05. The zero-order valence-electron chi connectivity index (χ0n) is 10.0. The molecule has 0 atom stereocenters. The minimum absolute atomic E-state index is 0.513. The Morgan fingerprint density at radius 3 is 2.41 bits per heavy atom. The van der Waals surface area contributed by atoms with Crippen LogP contribution in [0.25, 0.3) is 0 Å². The molecule has 0 saturated carbocycles. The Morgan fingerprint density at radius 1 is 1.00 bits per heavy atom. The van der Waals surface area contributed by atoms with Gasteiger partial charge in [0, 0.05) is 24.3 Å². The second kappa shape index (κ2) is 5.34. The van der Waals surface area contributed by atoms with Crippen molar-refractivity contribution in [2.45, 2.75) is 26.7 Å². The Hall–Kier alpha value is -2.04. The van der Waals surface area contributed by atoms with Gasteiger partial charge in [0.15, 0.2) is 0 Å². The molecule has 5 nitrogen and oxygen atoms in total. The molecular formula is C12H15N5. The molecule has 0 unspecified atom stereocenters. The summed E-state index contributed by atoms with van der Waals surface area (Å²) in [6.45, 7) is 4.19. The van der Waals surface area contributed by atoms with Crippen LogP contribution >= 0.6 is 0 Å². The van der Waals surface area contributed by atoms with E-state index in [2.05, 4.69) is 39.1 Å². The van der Waals surface area contributed by atoms with E-state index in [0.717, 1.165) is 18.5 Å². The third-order valence-electron chi connectivity index (χ3n) is 2.46. The molecule has 0 bridgehead atoms. The van der Waals surface area contributed by atoms with Crippen molar-refractivity contribution in [2.75, 3.05) is 5.32 Å². The second-order valence-electron chi connectivity index (χ2n) is 3.57. The largest absolute Gasteiger partial charge is 0.293 e. The smallest absolute Gasteiger partial charge is 0.229 e. The molecule has 0 spiro atoms. The van der Waals surface area contributed by atoms with Gasteiger partial charge in [-0.25, -0.2) is 19.9 Å². The zero-order valence-corrected chi connectivity index (χ0v) is 10.0. The number of nitrogens with zero attached hydrogens (tertiary/aromatic N) is 4. The summed E-state index contributed by atoms with van der Waals surface area (Å²) in [5, 5.41) is 2.99. The van der Waals surface area contributed by atoms with Crippen molar-refractivity contribution in [3.8, 4) is 0 Å². The van der Waals surface area contributed by atoms with E-state index in [0.29, 0.717) is 11.9 Å². The first-order valence-electron chi connectivity index (χ1n) is 5.72. The molecule has 0 amide bonds. The first kappa shape index (κ1) is 11.4. The lowest BCUT2D eigenvalue weighted by Crippen LogP contribution is -2.04. The van der Waals surface area contributed by atoms with Crippen LogP contribution in [0.2, 0.25) is 0 Å². The standard InChI is InChI=1S/C12H15N5/c1-3-9-8-15-12(16-10(9)4-2)17-11-13-6-5-7-14-11/h5-8H,3-4H2,1-2H3,(H,13,14,15,16,17). The zero-order chi connectivity index (χ0) is 12.1. The van der Waals surface area contributed by atoms with Crippen molar-refractivity contribution in [3.63, 3.8) is 0 Å². The van der Waals surface area contributed by atoms with Crippen molar-refractivity contribution in [1.82, 2.24) is 19.9 Å². The summed E-state index contributed by atoms with van der Waals surface area (Å²) in [5.74, 6) is 1.06. The van der Waals surface area contributed by atoms with E-state index in [-0.39, 0.29) is 0 Å².